The maximum Gasteiger partial charge on any atom is 0.261 e. The largest absolute Gasteiger partial charge is 0.490 e. The Bertz CT molecular complexity index is 1240. The number of fused-ring (bicyclic) bond motifs is 2. The minimum Gasteiger partial charge on any atom is -0.490 e. The van der Waals surface area contributed by atoms with Crippen LogP contribution in [-0.2, 0) is 19.6 Å². The van der Waals surface area contributed by atoms with Crippen LogP contribution in [0.1, 0.15) is 29.6 Å². The first-order chi connectivity index (χ1) is 16.5. The van der Waals surface area contributed by atoms with E-state index >= 15 is 0 Å². The summed E-state index contributed by atoms with van der Waals surface area (Å²) in [4.78, 5) is 28.3. The van der Waals surface area contributed by atoms with Gasteiger partial charge in [0, 0.05) is 26.8 Å². The van der Waals surface area contributed by atoms with Gasteiger partial charge in [0.2, 0.25) is 5.91 Å². The summed E-state index contributed by atoms with van der Waals surface area (Å²) in [6.45, 7) is 0.177. The third kappa shape index (κ3) is 5.40. The van der Waals surface area contributed by atoms with Gasteiger partial charge in [-0.25, -0.2) is 12.8 Å². The van der Waals surface area contributed by atoms with Crippen LogP contribution in [0, 0.1) is 5.82 Å². The van der Waals surface area contributed by atoms with Gasteiger partial charge in [-0.05, 0) is 49.2 Å². The second-order valence-electron chi connectivity index (χ2n) is 8.93. The molecule has 2 aliphatic heterocycles. The molecule has 0 aromatic heterocycles. The summed E-state index contributed by atoms with van der Waals surface area (Å²) in [7, 11) is 1.01. The summed E-state index contributed by atoms with van der Waals surface area (Å²) >= 11 is 0. The van der Waals surface area contributed by atoms with E-state index in [9.17, 15) is 22.4 Å². The van der Waals surface area contributed by atoms with Gasteiger partial charge in [-0.3, -0.25) is 14.3 Å². The SMILES string of the molecule is CN(C)C(=O)C[C@H]1CC[C@H]2[C@@H](COc3ccc(NS(=O)(=O)c4cccc(F)c4)cc3C(=O)N2C)O1. The summed E-state index contributed by atoms with van der Waals surface area (Å²) in [6.07, 6.45) is 0.870. The molecule has 1 N–H and O–H groups in total. The van der Waals surface area contributed by atoms with Crippen LogP contribution < -0.4 is 9.46 Å². The van der Waals surface area contributed by atoms with Gasteiger partial charge in [-0.1, -0.05) is 6.07 Å². The second kappa shape index (κ2) is 9.82. The van der Waals surface area contributed by atoms with Crippen molar-refractivity contribution in [2.75, 3.05) is 32.5 Å². The van der Waals surface area contributed by atoms with Crippen molar-refractivity contribution < 1.29 is 31.9 Å². The third-order valence-corrected chi connectivity index (χ3v) is 7.65. The second-order valence-corrected chi connectivity index (χ2v) is 10.6. The van der Waals surface area contributed by atoms with Crippen molar-refractivity contribution in [1.82, 2.24) is 9.80 Å². The first-order valence-corrected chi connectivity index (χ1v) is 12.7. The molecule has 9 nitrogen and oxygen atoms in total. The van der Waals surface area contributed by atoms with Gasteiger partial charge < -0.3 is 19.3 Å². The Morgan fingerprint density at radius 2 is 1.97 bits per heavy atom. The molecule has 1 fully saturated rings. The molecule has 2 aromatic carbocycles. The quantitative estimate of drug-likeness (QED) is 0.670. The molecule has 4 rings (SSSR count). The number of hydrogen-bond acceptors (Lipinski definition) is 6. The molecule has 2 heterocycles. The van der Waals surface area contributed by atoms with Gasteiger partial charge in [0.25, 0.3) is 15.9 Å². The highest BCUT2D eigenvalue weighted by Crippen LogP contribution is 2.33. The standard InChI is InChI=1S/C24H28FN3O6S/c1-27(2)23(29)13-17-8-9-20-22(34-17)14-33-21-10-7-16(12-19(21)24(30)28(20)3)26-35(31,32)18-6-4-5-15(25)11-18/h4-7,10-12,17,20,22,26H,8-9,13-14H2,1-3H3/t17-,20+,22-/m1/s1. The van der Waals surface area contributed by atoms with Crippen molar-refractivity contribution in [1.29, 1.82) is 0 Å². The Balaban J connectivity index is 1.54. The molecule has 2 amide bonds. The van der Waals surface area contributed by atoms with Crippen LogP contribution in [0.15, 0.2) is 47.4 Å². The van der Waals surface area contributed by atoms with Crippen LogP contribution >= 0.6 is 0 Å². The number of rotatable bonds is 5. The molecule has 2 aliphatic rings. The number of likely N-dealkylation sites (N-methyl/N-ethyl adjacent to an activating group) is 1. The van der Waals surface area contributed by atoms with Crippen LogP contribution in [0.25, 0.3) is 0 Å². The molecular weight excluding hydrogens is 477 g/mol. The number of anilines is 1. The molecule has 0 saturated carbocycles. The number of ether oxygens (including phenoxy) is 2. The van der Waals surface area contributed by atoms with E-state index in [1.165, 1.54) is 35.2 Å². The number of amides is 2. The predicted octanol–water partition coefficient (Wildman–Crippen LogP) is 2.49. The van der Waals surface area contributed by atoms with E-state index in [1.54, 1.807) is 26.0 Å². The average Bonchev–Trinajstić information content (AvgIpc) is 2.81. The number of nitrogens with zero attached hydrogens (tertiary/aromatic N) is 2. The molecule has 2 aromatic rings. The number of sulfonamides is 1. The van der Waals surface area contributed by atoms with Crippen molar-refractivity contribution in [2.45, 2.75) is 42.4 Å². The fourth-order valence-corrected chi connectivity index (χ4v) is 5.40. The van der Waals surface area contributed by atoms with Crippen molar-refractivity contribution >= 4 is 27.5 Å². The Morgan fingerprint density at radius 1 is 1.20 bits per heavy atom. The fourth-order valence-electron chi connectivity index (χ4n) is 4.32. The van der Waals surface area contributed by atoms with Crippen LogP contribution in [0.2, 0.25) is 0 Å². The summed E-state index contributed by atoms with van der Waals surface area (Å²) < 4.78 is 53.3. The smallest absolute Gasteiger partial charge is 0.261 e. The van der Waals surface area contributed by atoms with E-state index in [4.69, 9.17) is 9.47 Å². The molecule has 11 heteroatoms. The lowest BCUT2D eigenvalue weighted by atomic mass is 9.94. The Kier molecular flexibility index (Phi) is 7.00. The maximum absolute atomic E-state index is 13.5. The summed E-state index contributed by atoms with van der Waals surface area (Å²) in [5.41, 5.74) is 0.355. The summed E-state index contributed by atoms with van der Waals surface area (Å²) in [6, 6.07) is 8.80. The zero-order valence-corrected chi connectivity index (χ0v) is 20.5. The fraction of sp³-hybridized carbons (Fsp3) is 0.417. The lowest BCUT2D eigenvalue weighted by Gasteiger charge is -2.42. The molecule has 0 unspecified atom stereocenters. The highest BCUT2D eigenvalue weighted by atomic mass is 32.2. The topological polar surface area (TPSA) is 105 Å². The molecular formula is C24H28FN3O6S. The zero-order chi connectivity index (χ0) is 25.3. The van der Waals surface area contributed by atoms with Gasteiger partial charge in [0.05, 0.1) is 29.0 Å². The summed E-state index contributed by atoms with van der Waals surface area (Å²) in [5.74, 6) is -0.742. The van der Waals surface area contributed by atoms with Gasteiger partial charge in [0.15, 0.2) is 0 Å². The van der Waals surface area contributed by atoms with Crippen molar-refractivity contribution in [3.63, 3.8) is 0 Å². The van der Waals surface area contributed by atoms with E-state index in [0.717, 1.165) is 12.1 Å². The Hall–Kier alpha value is -3.18. The summed E-state index contributed by atoms with van der Waals surface area (Å²) in [5, 5.41) is 0. The average molecular weight is 506 g/mol. The number of benzene rings is 2. The van der Waals surface area contributed by atoms with Gasteiger partial charge in [-0.15, -0.1) is 0 Å². The normalized spacial score (nSPS) is 22.2. The highest BCUT2D eigenvalue weighted by Gasteiger charge is 2.39. The molecule has 0 bridgehead atoms. The highest BCUT2D eigenvalue weighted by molar-refractivity contribution is 7.92. The molecule has 188 valence electrons. The van der Waals surface area contributed by atoms with Gasteiger partial charge >= 0.3 is 0 Å². The van der Waals surface area contributed by atoms with Gasteiger partial charge in [0.1, 0.15) is 24.3 Å². The Morgan fingerprint density at radius 3 is 2.69 bits per heavy atom. The van der Waals surface area contributed by atoms with E-state index < -0.39 is 21.9 Å². The van der Waals surface area contributed by atoms with Crippen molar-refractivity contribution in [3.05, 3.63) is 53.8 Å². The van der Waals surface area contributed by atoms with Crippen LogP contribution in [0.3, 0.4) is 0 Å². The van der Waals surface area contributed by atoms with Gasteiger partial charge in [-0.2, -0.15) is 0 Å². The van der Waals surface area contributed by atoms with E-state index in [1.807, 2.05) is 0 Å². The first-order valence-electron chi connectivity index (χ1n) is 11.2. The van der Waals surface area contributed by atoms with Crippen molar-refractivity contribution in [2.24, 2.45) is 0 Å². The zero-order valence-electron chi connectivity index (χ0n) is 19.7. The maximum atomic E-state index is 13.5. The predicted molar refractivity (Wildman–Crippen MR) is 126 cm³/mol. The number of carbonyl (C=O) groups excluding carboxylic acids is 2. The molecule has 0 radical (unpaired) electrons. The molecule has 0 aliphatic carbocycles. The number of carbonyl (C=O) groups is 2. The number of hydrogen-bond donors (Lipinski definition) is 1. The molecule has 35 heavy (non-hydrogen) atoms. The Labute approximate surface area is 203 Å². The molecule has 3 atom stereocenters. The van der Waals surface area contributed by atoms with Crippen LogP contribution in [0.4, 0.5) is 10.1 Å². The van der Waals surface area contributed by atoms with Crippen LogP contribution in [0.5, 0.6) is 5.75 Å². The molecule has 0 spiro atoms. The van der Waals surface area contributed by atoms with E-state index in [-0.39, 0.29) is 53.1 Å². The minimum atomic E-state index is -4.06. The van der Waals surface area contributed by atoms with E-state index in [2.05, 4.69) is 4.72 Å². The lowest BCUT2D eigenvalue weighted by Crippen LogP contribution is -2.53. The van der Waals surface area contributed by atoms with E-state index in [0.29, 0.717) is 18.6 Å². The monoisotopic (exact) mass is 505 g/mol. The molecule has 1 saturated heterocycles. The third-order valence-electron chi connectivity index (χ3n) is 6.27. The minimum absolute atomic E-state index is 0.0248. The number of halogens is 1. The van der Waals surface area contributed by atoms with Crippen molar-refractivity contribution in [3.8, 4) is 5.75 Å². The van der Waals surface area contributed by atoms with Crippen LogP contribution in [-0.4, -0.2) is 76.0 Å². The number of nitrogens with one attached hydrogen (secondary N) is 1. The lowest BCUT2D eigenvalue weighted by molar-refractivity contribution is -0.140. The first kappa shape index (κ1) is 24.9.